The van der Waals surface area contributed by atoms with Crippen LogP contribution in [0.25, 0.3) is 10.9 Å². The molecule has 1 aliphatic rings. The molecule has 0 unspecified atom stereocenters. The van der Waals surface area contributed by atoms with Crippen LogP contribution in [0.1, 0.15) is 40.6 Å². The number of aromatic nitrogens is 3. The molecule has 0 saturated carbocycles. The maximum absolute atomic E-state index is 13.3. The first-order valence-corrected chi connectivity index (χ1v) is 21.9. The largest absolute Gasteiger partial charge is 0.443 e. The summed E-state index contributed by atoms with van der Waals surface area (Å²) < 4.78 is 30.7. The van der Waals surface area contributed by atoms with E-state index in [2.05, 4.69) is 56.6 Å². The molecule has 0 aliphatic carbocycles. The molecule has 3 aromatic rings. The number of ether oxygens (including phenoxy) is 4. The van der Waals surface area contributed by atoms with Crippen molar-refractivity contribution in [3.63, 3.8) is 0 Å². The average molecular weight is 604 g/mol. The minimum Gasteiger partial charge on any atom is -0.434 e. The highest BCUT2D eigenvalue weighted by Gasteiger charge is 2.23. The molecule has 41 heavy (non-hydrogen) atoms. The predicted octanol–water partition coefficient (Wildman–Crippen LogP) is 5.51. The lowest BCUT2D eigenvalue weighted by molar-refractivity contribution is -0.0283. The summed E-state index contributed by atoms with van der Waals surface area (Å²) in [5.74, 6) is -0.299. The van der Waals surface area contributed by atoms with Gasteiger partial charge >= 0.3 is 11.7 Å². The Kier molecular flexibility index (Phi) is 10.5. The fourth-order valence-corrected chi connectivity index (χ4v) is 6.25. The van der Waals surface area contributed by atoms with Crippen LogP contribution in [0, 0.1) is 0 Å². The molecule has 12 heteroatoms. The van der Waals surface area contributed by atoms with Gasteiger partial charge in [0.2, 0.25) is 0 Å². The predicted molar refractivity (Wildman–Crippen MR) is 163 cm³/mol. The number of fused-ring (bicyclic) bond motifs is 1. The Labute approximate surface area is 243 Å². The van der Waals surface area contributed by atoms with Crippen LogP contribution in [0.4, 0.5) is 0 Å². The number of carbonyl (C=O) groups is 1. The molecule has 0 spiro atoms. The maximum Gasteiger partial charge on any atom is 0.443 e. The molecule has 3 heterocycles. The molecular weight excluding hydrogens is 559 g/mol. The van der Waals surface area contributed by atoms with Crippen molar-refractivity contribution in [1.82, 2.24) is 14.3 Å². The van der Waals surface area contributed by atoms with Crippen LogP contribution >= 0.6 is 0 Å². The third-order valence-corrected chi connectivity index (χ3v) is 10.8. The van der Waals surface area contributed by atoms with Crippen molar-refractivity contribution in [2.45, 2.75) is 83.4 Å². The SMILES string of the molecule is C[Si](C)(C)CCOCOC(=O)c1cc2cc(C3CCOCC3)ccc2n1Cc1noc(=O)n1COCC[Si](C)(C)C. The summed E-state index contributed by atoms with van der Waals surface area (Å²) in [5.41, 5.74) is 2.43. The molecule has 4 rings (SSSR count). The van der Waals surface area contributed by atoms with Crippen LogP contribution in [-0.4, -0.2) is 69.6 Å². The van der Waals surface area contributed by atoms with Crippen LogP contribution < -0.4 is 5.76 Å². The van der Waals surface area contributed by atoms with E-state index in [1.54, 1.807) is 0 Å². The van der Waals surface area contributed by atoms with Crippen molar-refractivity contribution in [1.29, 1.82) is 0 Å². The van der Waals surface area contributed by atoms with Crippen LogP contribution in [0.2, 0.25) is 51.4 Å². The summed E-state index contributed by atoms with van der Waals surface area (Å²) in [5, 5.41) is 4.94. The van der Waals surface area contributed by atoms with Crippen LogP contribution in [-0.2, 0) is 32.2 Å². The van der Waals surface area contributed by atoms with Crippen molar-refractivity contribution >= 4 is 33.0 Å². The lowest BCUT2D eigenvalue weighted by atomic mass is 9.91. The minimum atomic E-state index is -1.27. The summed E-state index contributed by atoms with van der Waals surface area (Å²) in [7, 11) is -2.52. The first-order chi connectivity index (χ1) is 19.4. The number of rotatable bonds is 14. The summed E-state index contributed by atoms with van der Waals surface area (Å²) >= 11 is 0. The van der Waals surface area contributed by atoms with Crippen molar-refractivity contribution in [2.24, 2.45) is 0 Å². The Hall–Kier alpha value is -2.52. The van der Waals surface area contributed by atoms with Gasteiger partial charge in [-0.2, -0.15) is 0 Å². The first kappa shape index (κ1) is 31.4. The van der Waals surface area contributed by atoms with Gasteiger partial charge in [-0.15, -0.1) is 0 Å². The lowest BCUT2D eigenvalue weighted by Gasteiger charge is -2.22. The standard InChI is InChI=1S/C29H45N3O7Si2/c1-40(2,3)15-13-36-20-32-27(30-39-29(32)34)19-31-25-8-7-23(22-9-11-35-12-10-22)17-24(25)18-26(31)28(33)38-21-37-14-16-41(4,5)6/h7-8,17-18,22H,9-16,19-21H2,1-6H3. The van der Waals surface area contributed by atoms with Gasteiger partial charge in [0.25, 0.3) is 0 Å². The molecule has 0 amide bonds. The monoisotopic (exact) mass is 603 g/mol. The van der Waals surface area contributed by atoms with E-state index in [0.29, 0.717) is 30.7 Å². The Morgan fingerprint density at radius 3 is 2.34 bits per heavy atom. The summed E-state index contributed by atoms with van der Waals surface area (Å²) in [6.45, 7) is 16.3. The molecule has 1 aliphatic heterocycles. The molecule has 2 aromatic heterocycles. The molecule has 0 radical (unpaired) electrons. The van der Waals surface area contributed by atoms with Crippen LogP contribution in [0.3, 0.4) is 0 Å². The van der Waals surface area contributed by atoms with E-state index < -0.39 is 27.9 Å². The highest BCUT2D eigenvalue weighted by atomic mass is 28.3. The molecule has 226 valence electrons. The van der Waals surface area contributed by atoms with Crippen molar-refractivity contribution < 1.29 is 28.3 Å². The topological polar surface area (TPSA) is 107 Å². The third kappa shape index (κ3) is 8.98. The van der Waals surface area contributed by atoms with Gasteiger partial charge in [0.05, 0.1) is 6.54 Å². The Morgan fingerprint density at radius 2 is 1.66 bits per heavy atom. The molecule has 0 atom stereocenters. The third-order valence-electron chi connectivity index (χ3n) is 7.37. The van der Waals surface area contributed by atoms with E-state index in [1.807, 2.05) is 16.7 Å². The van der Waals surface area contributed by atoms with Gasteiger partial charge in [-0.3, -0.25) is 4.52 Å². The van der Waals surface area contributed by atoms with Gasteiger partial charge in [-0.1, -0.05) is 50.5 Å². The van der Waals surface area contributed by atoms with Crippen LogP contribution in [0.5, 0.6) is 0 Å². The average Bonchev–Trinajstić information content (AvgIpc) is 3.45. The van der Waals surface area contributed by atoms with Gasteiger partial charge in [-0.25, -0.2) is 14.2 Å². The van der Waals surface area contributed by atoms with Gasteiger partial charge in [0.15, 0.2) is 12.6 Å². The molecule has 1 aromatic carbocycles. The van der Waals surface area contributed by atoms with E-state index >= 15 is 0 Å². The van der Waals surface area contributed by atoms with E-state index in [-0.39, 0.29) is 20.1 Å². The second-order valence-corrected chi connectivity index (χ2v) is 24.5. The van der Waals surface area contributed by atoms with Gasteiger partial charge in [0.1, 0.15) is 12.4 Å². The Bertz CT molecular complexity index is 1360. The molecule has 0 bridgehead atoms. The number of hydrogen-bond donors (Lipinski definition) is 0. The van der Waals surface area contributed by atoms with E-state index in [1.165, 1.54) is 10.1 Å². The molecule has 1 saturated heterocycles. The van der Waals surface area contributed by atoms with E-state index in [9.17, 15) is 9.59 Å². The lowest BCUT2D eigenvalue weighted by Crippen LogP contribution is -2.25. The first-order valence-electron chi connectivity index (χ1n) is 14.5. The smallest absolute Gasteiger partial charge is 0.434 e. The fraction of sp³-hybridized carbons (Fsp3) is 0.621. The highest BCUT2D eigenvalue weighted by molar-refractivity contribution is 6.76. The van der Waals surface area contributed by atoms with E-state index in [4.69, 9.17) is 23.5 Å². The molecule has 1 fully saturated rings. The zero-order valence-corrected chi connectivity index (χ0v) is 27.4. The molecule has 10 nitrogen and oxygen atoms in total. The molecule has 0 N–H and O–H groups in total. The summed E-state index contributed by atoms with van der Waals surface area (Å²) in [4.78, 5) is 25.8. The fourth-order valence-electron chi connectivity index (χ4n) is 4.73. The zero-order chi connectivity index (χ0) is 29.6. The van der Waals surface area contributed by atoms with Crippen molar-refractivity contribution in [3.05, 3.63) is 51.9 Å². The van der Waals surface area contributed by atoms with Crippen LogP contribution in [0.15, 0.2) is 33.6 Å². The number of esters is 1. The highest BCUT2D eigenvalue weighted by Crippen LogP contribution is 2.31. The van der Waals surface area contributed by atoms with Crippen molar-refractivity contribution in [3.8, 4) is 0 Å². The second-order valence-electron chi connectivity index (χ2n) is 13.2. The zero-order valence-electron chi connectivity index (χ0n) is 25.4. The van der Waals surface area contributed by atoms with E-state index in [0.717, 1.165) is 49.0 Å². The number of benzene rings is 1. The van der Waals surface area contributed by atoms with Gasteiger partial charge in [0, 0.05) is 53.5 Å². The number of nitrogens with zero attached hydrogens (tertiary/aromatic N) is 3. The summed E-state index contributed by atoms with van der Waals surface area (Å²) in [6.07, 6.45) is 1.94. The molecular formula is C29H45N3O7Si2. The Balaban J connectivity index is 1.57. The minimum absolute atomic E-state index is 0.0416. The Morgan fingerprint density at radius 1 is 0.976 bits per heavy atom. The normalized spacial score (nSPS) is 15.1. The maximum atomic E-state index is 13.3. The van der Waals surface area contributed by atoms with Gasteiger partial charge < -0.3 is 23.5 Å². The van der Waals surface area contributed by atoms with Gasteiger partial charge in [-0.05, 0) is 54.6 Å². The number of carbonyl (C=O) groups excluding carboxylic acids is 1. The second kappa shape index (κ2) is 13.6. The summed E-state index contributed by atoms with van der Waals surface area (Å²) in [6, 6.07) is 10.1. The van der Waals surface area contributed by atoms with Crippen molar-refractivity contribution in [2.75, 3.05) is 33.2 Å². The quantitative estimate of drug-likeness (QED) is 0.103. The number of hydrogen-bond acceptors (Lipinski definition) is 8.